The van der Waals surface area contributed by atoms with Crippen LogP contribution in [-0.4, -0.2) is 32.3 Å². The molecule has 0 radical (unpaired) electrons. The average molecular weight is 357 g/mol. The zero-order valence-corrected chi connectivity index (χ0v) is 13.6. The summed E-state index contributed by atoms with van der Waals surface area (Å²) in [5, 5.41) is 17.0. The van der Waals surface area contributed by atoms with E-state index in [4.69, 9.17) is 9.26 Å². The van der Waals surface area contributed by atoms with Crippen LogP contribution in [0.2, 0.25) is 0 Å². The van der Waals surface area contributed by atoms with Crippen LogP contribution in [0.1, 0.15) is 6.42 Å². The Morgan fingerprint density at radius 2 is 2.27 bits per heavy atom. The van der Waals surface area contributed by atoms with Crippen LogP contribution in [0.15, 0.2) is 53.6 Å². The molecule has 0 spiro atoms. The molecule has 0 atom stereocenters. The van der Waals surface area contributed by atoms with E-state index in [1.54, 1.807) is 18.6 Å². The molecule has 0 aliphatic carbocycles. The molecule has 0 aliphatic rings. The van der Waals surface area contributed by atoms with Crippen molar-refractivity contribution >= 4 is 11.8 Å². The summed E-state index contributed by atoms with van der Waals surface area (Å²) in [6, 6.07) is 7.27. The van der Waals surface area contributed by atoms with Gasteiger partial charge >= 0.3 is 6.09 Å². The first-order valence-corrected chi connectivity index (χ1v) is 7.75. The molecule has 2 heterocycles. The second kappa shape index (κ2) is 7.92. The molecule has 0 aliphatic heterocycles. The van der Waals surface area contributed by atoms with Crippen molar-refractivity contribution in [2.24, 2.45) is 0 Å². The van der Waals surface area contributed by atoms with E-state index in [9.17, 15) is 14.9 Å². The Morgan fingerprint density at radius 3 is 3.04 bits per heavy atom. The Kier molecular flexibility index (Phi) is 5.22. The minimum atomic E-state index is -0.658. The minimum absolute atomic E-state index is 0.0291. The van der Waals surface area contributed by atoms with Crippen LogP contribution >= 0.6 is 0 Å². The predicted octanol–water partition coefficient (Wildman–Crippen LogP) is 2.63. The van der Waals surface area contributed by atoms with Crippen LogP contribution in [0.3, 0.4) is 0 Å². The largest absolute Gasteiger partial charge is 0.414 e. The van der Waals surface area contributed by atoms with Gasteiger partial charge in [-0.1, -0.05) is 12.1 Å². The summed E-state index contributed by atoms with van der Waals surface area (Å²) < 4.78 is 12.0. The van der Waals surface area contributed by atoms with Crippen LogP contribution in [-0.2, 0) is 6.54 Å². The average Bonchev–Trinajstić information content (AvgIpc) is 3.31. The third-order valence-corrected chi connectivity index (χ3v) is 3.45. The second-order valence-electron chi connectivity index (χ2n) is 5.31. The Balaban J connectivity index is 1.50. The maximum absolute atomic E-state index is 11.7. The summed E-state index contributed by atoms with van der Waals surface area (Å²) in [4.78, 5) is 26.0. The van der Waals surface area contributed by atoms with E-state index in [1.807, 2.05) is 10.8 Å². The van der Waals surface area contributed by atoms with Gasteiger partial charge in [0.05, 0.1) is 17.3 Å². The highest BCUT2D eigenvalue weighted by molar-refractivity contribution is 5.70. The minimum Gasteiger partial charge on any atom is -0.388 e. The van der Waals surface area contributed by atoms with Crippen LogP contribution in [0, 0.1) is 10.1 Å². The maximum atomic E-state index is 11.7. The van der Waals surface area contributed by atoms with Gasteiger partial charge in [0.25, 0.3) is 11.6 Å². The van der Waals surface area contributed by atoms with Gasteiger partial charge in [0.1, 0.15) is 0 Å². The molecule has 134 valence electrons. The number of hydrogen-bond donors (Lipinski definition) is 1. The van der Waals surface area contributed by atoms with E-state index < -0.39 is 11.0 Å². The third kappa shape index (κ3) is 4.44. The third-order valence-electron chi connectivity index (χ3n) is 3.45. The van der Waals surface area contributed by atoms with E-state index in [2.05, 4.69) is 15.5 Å². The SMILES string of the molecule is O=C(NCCCn1ccnc1)Oc1cc(-c2cccc([N+](=O)[O-])c2)on1. The molecule has 3 aromatic rings. The van der Waals surface area contributed by atoms with Crippen LogP contribution in [0.4, 0.5) is 10.5 Å². The summed E-state index contributed by atoms with van der Waals surface area (Å²) in [7, 11) is 0. The number of nitro benzene ring substituents is 1. The van der Waals surface area contributed by atoms with Gasteiger partial charge in [-0.2, -0.15) is 0 Å². The number of aryl methyl sites for hydroxylation is 1. The maximum Gasteiger partial charge on any atom is 0.414 e. The molecule has 0 bridgehead atoms. The zero-order chi connectivity index (χ0) is 18.4. The highest BCUT2D eigenvalue weighted by Crippen LogP contribution is 2.26. The van der Waals surface area contributed by atoms with Gasteiger partial charge in [-0.25, -0.2) is 9.78 Å². The molecule has 1 N–H and O–H groups in total. The lowest BCUT2D eigenvalue weighted by Gasteiger charge is -2.04. The summed E-state index contributed by atoms with van der Waals surface area (Å²) >= 11 is 0. The lowest BCUT2D eigenvalue weighted by atomic mass is 10.1. The molecule has 10 heteroatoms. The molecule has 0 saturated carbocycles. The number of carbonyl (C=O) groups excluding carboxylic acids is 1. The number of hydrogen-bond acceptors (Lipinski definition) is 7. The van der Waals surface area contributed by atoms with Crippen LogP contribution in [0.25, 0.3) is 11.3 Å². The van der Waals surface area contributed by atoms with Crippen LogP contribution < -0.4 is 10.1 Å². The number of nitrogens with one attached hydrogen (secondary N) is 1. The number of nitro groups is 1. The van der Waals surface area contributed by atoms with Gasteiger partial charge in [-0.05, 0) is 11.6 Å². The molecule has 3 rings (SSSR count). The topological polar surface area (TPSA) is 125 Å². The summed E-state index contributed by atoms with van der Waals surface area (Å²) in [5.41, 5.74) is 0.388. The summed E-state index contributed by atoms with van der Waals surface area (Å²) in [6.07, 6.45) is 5.27. The first-order chi connectivity index (χ1) is 12.6. The van der Waals surface area contributed by atoms with Crippen molar-refractivity contribution in [3.63, 3.8) is 0 Å². The molecule has 0 saturated heterocycles. The normalized spacial score (nSPS) is 10.5. The highest BCUT2D eigenvalue weighted by atomic mass is 16.6. The first kappa shape index (κ1) is 17.1. The number of nitrogens with zero attached hydrogens (tertiary/aromatic N) is 4. The van der Waals surface area contributed by atoms with Crippen molar-refractivity contribution in [1.29, 1.82) is 0 Å². The number of carbonyl (C=O) groups is 1. The van der Waals surface area contributed by atoms with E-state index in [0.717, 1.165) is 6.54 Å². The zero-order valence-electron chi connectivity index (χ0n) is 13.6. The fourth-order valence-electron chi connectivity index (χ4n) is 2.22. The summed E-state index contributed by atoms with van der Waals surface area (Å²) in [6.45, 7) is 1.15. The van der Waals surface area contributed by atoms with E-state index >= 15 is 0 Å². The molecular formula is C16H15N5O5. The highest BCUT2D eigenvalue weighted by Gasteiger charge is 2.14. The van der Waals surface area contributed by atoms with Gasteiger partial charge in [0, 0.05) is 43.2 Å². The first-order valence-electron chi connectivity index (χ1n) is 7.75. The van der Waals surface area contributed by atoms with Crippen LogP contribution in [0.5, 0.6) is 5.88 Å². The number of imidazole rings is 1. The Bertz CT molecular complexity index is 890. The lowest BCUT2D eigenvalue weighted by Crippen LogP contribution is -2.28. The Hall–Kier alpha value is -3.69. The fraction of sp³-hybridized carbons (Fsp3) is 0.188. The molecule has 1 amide bonds. The monoisotopic (exact) mass is 357 g/mol. The van der Waals surface area contributed by atoms with E-state index in [-0.39, 0.29) is 17.3 Å². The second-order valence-corrected chi connectivity index (χ2v) is 5.31. The number of non-ortho nitro benzene ring substituents is 1. The van der Waals surface area contributed by atoms with Crippen molar-refractivity contribution in [1.82, 2.24) is 20.0 Å². The van der Waals surface area contributed by atoms with E-state index in [1.165, 1.54) is 24.3 Å². The predicted molar refractivity (Wildman–Crippen MR) is 89.5 cm³/mol. The van der Waals surface area contributed by atoms with Gasteiger partial charge in [0.2, 0.25) is 0 Å². The standard InChI is InChI=1S/C16H15N5O5/c22-16(18-5-2-7-20-8-6-17-11-20)25-15-10-14(26-19-15)12-3-1-4-13(9-12)21(23)24/h1,3-4,6,8-11H,2,5,7H2,(H,18,22). The molecule has 0 unspecified atom stereocenters. The molecule has 10 nitrogen and oxygen atoms in total. The molecule has 1 aromatic carbocycles. The van der Waals surface area contributed by atoms with Gasteiger partial charge in [0.15, 0.2) is 5.76 Å². The lowest BCUT2D eigenvalue weighted by molar-refractivity contribution is -0.384. The van der Waals surface area contributed by atoms with Gasteiger partial charge < -0.3 is 19.1 Å². The number of amides is 1. The fourth-order valence-corrected chi connectivity index (χ4v) is 2.22. The van der Waals surface area contributed by atoms with Gasteiger partial charge in [-0.15, -0.1) is 0 Å². The number of aromatic nitrogens is 3. The summed E-state index contributed by atoms with van der Waals surface area (Å²) in [5.74, 6) is 0.232. The van der Waals surface area contributed by atoms with Crippen molar-refractivity contribution in [2.45, 2.75) is 13.0 Å². The molecule has 2 aromatic heterocycles. The molecule has 26 heavy (non-hydrogen) atoms. The number of rotatable bonds is 7. The quantitative estimate of drug-likeness (QED) is 0.391. The van der Waals surface area contributed by atoms with Crippen molar-refractivity contribution in [3.05, 3.63) is 59.2 Å². The Labute approximate surface area is 147 Å². The Morgan fingerprint density at radius 1 is 1.38 bits per heavy atom. The van der Waals surface area contributed by atoms with Crippen molar-refractivity contribution in [3.8, 4) is 17.2 Å². The van der Waals surface area contributed by atoms with Gasteiger partial charge in [-0.3, -0.25) is 10.1 Å². The van der Waals surface area contributed by atoms with Crippen molar-refractivity contribution in [2.75, 3.05) is 6.54 Å². The smallest absolute Gasteiger partial charge is 0.388 e. The number of benzene rings is 1. The molecule has 0 fully saturated rings. The van der Waals surface area contributed by atoms with E-state index in [0.29, 0.717) is 18.5 Å². The number of ether oxygens (including phenoxy) is 1. The molecular weight excluding hydrogens is 342 g/mol. The van der Waals surface area contributed by atoms with Crippen molar-refractivity contribution < 1.29 is 19.0 Å².